The Labute approximate surface area is 183 Å². The Morgan fingerprint density at radius 2 is 1.87 bits per heavy atom. The van der Waals surface area contributed by atoms with Crippen molar-refractivity contribution in [3.05, 3.63) is 76.6 Å². The summed E-state index contributed by atoms with van der Waals surface area (Å²) >= 11 is 1.19. The monoisotopic (exact) mass is 434 g/mol. The minimum Gasteiger partial charge on any atom is -0.426 e. The van der Waals surface area contributed by atoms with Crippen LogP contribution in [0.15, 0.2) is 70.6 Å². The summed E-state index contributed by atoms with van der Waals surface area (Å²) in [6.45, 7) is 4.20. The number of carbonyl (C=O) groups is 1. The Morgan fingerprint density at radius 3 is 2.65 bits per heavy atom. The molecule has 0 aliphatic carbocycles. The van der Waals surface area contributed by atoms with Crippen LogP contribution in [0.25, 0.3) is 17.0 Å². The van der Waals surface area contributed by atoms with Crippen LogP contribution in [0.2, 0.25) is 0 Å². The van der Waals surface area contributed by atoms with E-state index in [1.165, 1.54) is 22.3 Å². The fourth-order valence-electron chi connectivity index (χ4n) is 3.17. The predicted molar refractivity (Wildman–Crippen MR) is 121 cm³/mol. The number of nitrogens with one attached hydrogen (secondary N) is 1. The van der Waals surface area contributed by atoms with E-state index in [2.05, 4.69) is 28.9 Å². The molecule has 1 unspecified atom stereocenters. The molecule has 0 radical (unpaired) electrons. The number of para-hydroxylation sites is 1. The molecule has 0 aliphatic heterocycles. The molecule has 0 saturated heterocycles. The Balaban J connectivity index is 1.57. The van der Waals surface area contributed by atoms with Gasteiger partial charge in [0.1, 0.15) is 5.75 Å². The standard InChI is InChI=1S/C23H22N4O3S/c1-3-15(2)17-11-7-8-12-18(17)30-21(29)14-31-23-25-22(16-9-5-4-6-10-16)24-19-13-20(28)26-27(19)23/h4-13,15H,3,14H2,1-2H3,(H,26,28). The minimum absolute atomic E-state index is 0.0371. The van der Waals surface area contributed by atoms with Crippen molar-refractivity contribution in [1.82, 2.24) is 19.6 Å². The summed E-state index contributed by atoms with van der Waals surface area (Å²) < 4.78 is 7.12. The maximum absolute atomic E-state index is 12.6. The van der Waals surface area contributed by atoms with Crippen LogP contribution >= 0.6 is 11.8 Å². The first-order chi connectivity index (χ1) is 15.0. The number of hydrogen-bond acceptors (Lipinski definition) is 6. The van der Waals surface area contributed by atoms with Crippen LogP contribution < -0.4 is 10.3 Å². The minimum atomic E-state index is -0.386. The van der Waals surface area contributed by atoms with Gasteiger partial charge in [-0.05, 0) is 24.0 Å². The number of aromatic amines is 1. The molecule has 4 aromatic rings. The average Bonchev–Trinajstić information content (AvgIpc) is 3.18. The van der Waals surface area contributed by atoms with Crippen molar-refractivity contribution in [1.29, 1.82) is 0 Å². The van der Waals surface area contributed by atoms with Crippen molar-refractivity contribution in [3.63, 3.8) is 0 Å². The highest BCUT2D eigenvalue weighted by molar-refractivity contribution is 7.99. The van der Waals surface area contributed by atoms with Crippen molar-refractivity contribution in [2.45, 2.75) is 31.3 Å². The van der Waals surface area contributed by atoms with E-state index in [0.29, 0.717) is 22.4 Å². The zero-order valence-electron chi connectivity index (χ0n) is 17.2. The number of benzene rings is 2. The number of thioether (sulfide) groups is 1. The van der Waals surface area contributed by atoms with Crippen LogP contribution in [0.3, 0.4) is 0 Å². The topological polar surface area (TPSA) is 89.3 Å². The third kappa shape index (κ3) is 4.69. The van der Waals surface area contributed by atoms with Gasteiger partial charge in [-0.15, -0.1) is 0 Å². The number of H-pyrrole nitrogens is 1. The smallest absolute Gasteiger partial charge is 0.321 e. The first kappa shape index (κ1) is 20.9. The maximum atomic E-state index is 12.6. The highest BCUT2D eigenvalue weighted by Gasteiger charge is 2.16. The molecule has 2 aromatic carbocycles. The van der Waals surface area contributed by atoms with E-state index in [1.54, 1.807) is 0 Å². The predicted octanol–water partition coefficient (Wildman–Crippen LogP) is 4.30. The van der Waals surface area contributed by atoms with Gasteiger partial charge in [-0.3, -0.25) is 14.7 Å². The summed E-state index contributed by atoms with van der Waals surface area (Å²) in [5.41, 5.74) is 1.99. The van der Waals surface area contributed by atoms with Crippen LogP contribution in [0.5, 0.6) is 5.75 Å². The lowest BCUT2D eigenvalue weighted by Crippen LogP contribution is -2.14. The molecule has 0 saturated carbocycles. The molecule has 0 aliphatic rings. The summed E-state index contributed by atoms with van der Waals surface area (Å²) in [7, 11) is 0. The lowest BCUT2D eigenvalue weighted by atomic mass is 9.98. The Morgan fingerprint density at radius 1 is 1.13 bits per heavy atom. The van der Waals surface area contributed by atoms with E-state index in [-0.39, 0.29) is 23.2 Å². The number of hydrogen-bond donors (Lipinski definition) is 1. The van der Waals surface area contributed by atoms with Gasteiger partial charge in [-0.25, -0.2) is 14.5 Å². The van der Waals surface area contributed by atoms with E-state index in [4.69, 9.17) is 4.74 Å². The summed E-state index contributed by atoms with van der Waals surface area (Å²) in [5, 5.41) is 3.13. The van der Waals surface area contributed by atoms with Crippen molar-refractivity contribution in [2.24, 2.45) is 0 Å². The second-order valence-corrected chi connectivity index (χ2v) is 8.06. The molecule has 8 heteroatoms. The van der Waals surface area contributed by atoms with Crippen LogP contribution in [0, 0.1) is 0 Å². The number of esters is 1. The maximum Gasteiger partial charge on any atom is 0.321 e. The fourth-order valence-corrected chi connectivity index (χ4v) is 3.90. The lowest BCUT2D eigenvalue weighted by molar-refractivity contribution is -0.131. The fraction of sp³-hybridized carbons (Fsp3) is 0.217. The first-order valence-electron chi connectivity index (χ1n) is 10.0. The van der Waals surface area contributed by atoms with Gasteiger partial charge < -0.3 is 4.74 Å². The third-order valence-corrected chi connectivity index (χ3v) is 5.87. The van der Waals surface area contributed by atoms with E-state index >= 15 is 0 Å². The van der Waals surface area contributed by atoms with E-state index in [9.17, 15) is 9.59 Å². The Bertz CT molecular complexity index is 1270. The largest absolute Gasteiger partial charge is 0.426 e. The number of nitrogens with zero attached hydrogens (tertiary/aromatic N) is 3. The molecule has 158 valence electrons. The van der Waals surface area contributed by atoms with Crippen molar-refractivity contribution in [2.75, 3.05) is 5.75 Å². The van der Waals surface area contributed by atoms with E-state index in [1.807, 2.05) is 54.6 Å². The zero-order chi connectivity index (χ0) is 21.8. The van der Waals surface area contributed by atoms with Crippen LogP contribution in [0.4, 0.5) is 0 Å². The molecule has 2 aromatic heterocycles. The SMILES string of the molecule is CCC(C)c1ccccc1OC(=O)CSc1nc(-c2ccccc2)nc2cc(=O)[nH]n12. The zero-order valence-corrected chi connectivity index (χ0v) is 18.1. The molecule has 31 heavy (non-hydrogen) atoms. The molecule has 7 nitrogen and oxygen atoms in total. The average molecular weight is 435 g/mol. The number of carbonyl (C=O) groups excluding carboxylic acids is 1. The number of ether oxygens (including phenoxy) is 1. The Hall–Kier alpha value is -3.39. The molecular weight excluding hydrogens is 412 g/mol. The quantitative estimate of drug-likeness (QED) is 0.265. The van der Waals surface area contributed by atoms with Crippen molar-refractivity contribution < 1.29 is 9.53 Å². The third-order valence-electron chi connectivity index (χ3n) is 4.96. The van der Waals surface area contributed by atoms with Gasteiger partial charge in [-0.2, -0.15) is 0 Å². The molecule has 0 bridgehead atoms. The van der Waals surface area contributed by atoms with Gasteiger partial charge in [0, 0.05) is 11.6 Å². The van der Waals surface area contributed by atoms with Crippen molar-refractivity contribution >= 4 is 23.4 Å². The first-order valence-corrected chi connectivity index (χ1v) is 11.0. The summed E-state index contributed by atoms with van der Waals surface area (Å²) in [6, 6.07) is 18.5. The van der Waals surface area contributed by atoms with Gasteiger partial charge in [0.25, 0.3) is 5.56 Å². The second kappa shape index (κ2) is 9.18. The molecule has 1 atom stereocenters. The molecule has 4 rings (SSSR count). The van der Waals surface area contributed by atoms with Gasteiger partial charge in [0.15, 0.2) is 16.6 Å². The normalized spacial score (nSPS) is 12.1. The van der Waals surface area contributed by atoms with Crippen LogP contribution in [0.1, 0.15) is 31.7 Å². The highest BCUT2D eigenvalue weighted by atomic mass is 32.2. The van der Waals surface area contributed by atoms with Crippen LogP contribution in [-0.4, -0.2) is 31.3 Å². The number of fused-ring (bicyclic) bond motifs is 1. The summed E-state index contributed by atoms with van der Waals surface area (Å²) in [6.07, 6.45) is 0.950. The number of aromatic nitrogens is 4. The highest BCUT2D eigenvalue weighted by Crippen LogP contribution is 2.29. The van der Waals surface area contributed by atoms with Gasteiger partial charge in [0.05, 0.1) is 5.75 Å². The molecule has 0 amide bonds. The Kier molecular flexibility index (Phi) is 6.18. The summed E-state index contributed by atoms with van der Waals surface area (Å²) in [5.74, 6) is 1.00. The lowest BCUT2D eigenvalue weighted by Gasteiger charge is -2.14. The molecule has 0 spiro atoms. The van der Waals surface area contributed by atoms with Crippen LogP contribution in [-0.2, 0) is 4.79 Å². The van der Waals surface area contributed by atoms with Crippen molar-refractivity contribution in [3.8, 4) is 17.1 Å². The van der Waals surface area contributed by atoms with Gasteiger partial charge in [0.2, 0.25) is 0 Å². The molecule has 1 N–H and O–H groups in total. The second-order valence-electron chi connectivity index (χ2n) is 7.12. The van der Waals surface area contributed by atoms with E-state index < -0.39 is 0 Å². The summed E-state index contributed by atoms with van der Waals surface area (Å²) in [4.78, 5) is 33.4. The molecular formula is C23H22N4O3S. The number of rotatable bonds is 7. The van der Waals surface area contributed by atoms with E-state index in [0.717, 1.165) is 17.5 Å². The molecule has 2 heterocycles. The van der Waals surface area contributed by atoms with Gasteiger partial charge in [-0.1, -0.05) is 74.1 Å². The molecule has 0 fully saturated rings. The van der Waals surface area contributed by atoms with Gasteiger partial charge >= 0.3 is 5.97 Å².